The summed E-state index contributed by atoms with van der Waals surface area (Å²) in [6.07, 6.45) is 0. The van der Waals surface area contributed by atoms with Crippen LogP contribution in [0.5, 0.6) is 11.5 Å². The van der Waals surface area contributed by atoms with Crippen LogP contribution in [0.2, 0.25) is 0 Å². The summed E-state index contributed by atoms with van der Waals surface area (Å²) >= 11 is 11.0. The Morgan fingerprint density at radius 3 is 2.18 bits per heavy atom. The van der Waals surface area contributed by atoms with Crippen LogP contribution in [0.3, 0.4) is 0 Å². The number of benzene rings is 1. The Morgan fingerprint density at radius 2 is 1.73 bits per heavy atom. The lowest BCUT2D eigenvalue weighted by atomic mass is 10.2. The molecule has 1 aromatic carbocycles. The Labute approximate surface area is 74.0 Å². The second-order valence-electron chi connectivity index (χ2n) is 2.05. The predicted molar refractivity (Wildman–Crippen MR) is 44.2 cm³/mol. The van der Waals surface area contributed by atoms with E-state index in [1.807, 2.05) is 0 Å². The fourth-order valence-corrected chi connectivity index (χ4v) is 0.948. The molecular weight excluding hydrogens is 187 g/mol. The number of phenols is 2. The Kier molecular flexibility index (Phi) is 2.47. The van der Waals surface area contributed by atoms with Crippen LogP contribution in [0, 0.1) is 0 Å². The summed E-state index contributed by atoms with van der Waals surface area (Å²) in [6, 6.07) is 4.20. The van der Waals surface area contributed by atoms with E-state index in [0.717, 1.165) is 0 Å². The van der Waals surface area contributed by atoms with Gasteiger partial charge in [-0.3, -0.25) is 0 Å². The molecule has 0 aliphatic rings. The van der Waals surface area contributed by atoms with Crippen molar-refractivity contribution in [3.63, 3.8) is 0 Å². The van der Waals surface area contributed by atoms with Gasteiger partial charge in [0.05, 0.1) is 0 Å². The number of alkyl halides is 2. The van der Waals surface area contributed by atoms with E-state index in [1.54, 1.807) is 6.07 Å². The van der Waals surface area contributed by atoms with Crippen molar-refractivity contribution in [1.82, 2.24) is 0 Å². The number of rotatable bonds is 1. The van der Waals surface area contributed by atoms with Gasteiger partial charge in [0, 0.05) is 0 Å². The number of aromatic hydroxyl groups is 2. The van der Waals surface area contributed by atoms with Crippen LogP contribution in [0.4, 0.5) is 0 Å². The molecule has 0 amide bonds. The molecule has 1 aromatic rings. The molecule has 2 N–H and O–H groups in total. The van der Waals surface area contributed by atoms with E-state index in [0.29, 0.717) is 5.56 Å². The van der Waals surface area contributed by atoms with Crippen molar-refractivity contribution in [1.29, 1.82) is 0 Å². The molecule has 0 radical (unpaired) electrons. The molecule has 0 spiro atoms. The highest BCUT2D eigenvalue weighted by Gasteiger charge is 2.05. The van der Waals surface area contributed by atoms with Gasteiger partial charge in [0.1, 0.15) is 4.84 Å². The second-order valence-corrected chi connectivity index (χ2v) is 3.15. The third-order valence-corrected chi connectivity index (χ3v) is 1.76. The van der Waals surface area contributed by atoms with Crippen LogP contribution in [0.15, 0.2) is 18.2 Å². The number of phenolic OH excluding ortho intramolecular Hbond substituents is 2. The Bertz CT molecular complexity index is 261. The Morgan fingerprint density at radius 1 is 1.09 bits per heavy atom. The van der Waals surface area contributed by atoms with E-state index in [-0.39, 0.29) is 11.5 Å². The van der Waals surface area contributed by atoms with Crippen molar-refractivity contribution < 1.29 is 10.2 Å². The molecule has 0 aliphatic heterocycles. The molecule has 4 heteroatoms. The summed E-state index contributed by atoms with van der Waals surface area (Å²) in [6.45, 7) is 0. The standard InChI is InChI=1S/C7H6Cl2O2/c8-7(9)4-1-2-5(10)6(11)3-4/h1-3,7,10-11H. The number of hydrogen-bond donors (Lipinski definition) is 2. The van der Waals surface area contributed by atoms with E-state index in [2.05, 4.69) is 0 Å². The van der Waals surface area contributed by atoms with Gasteiger partial charge in [-0.1, -0.05) is 6.07 Å². The highest BCUT2D eigenvalue weighted by molar-refractivity contribution is 6.44. The van der Waals surface area contributed by atoms with Crippen molar-refractivity contribution in [2.75, 3.05) is 0 Å². The van der Waals surface area contributed by atoms with Crippen molar-refractivity contribution >= 4 is 23.2 Å². The summed E-state index contributed by atoms with van der Waals surface area (Å²) in [5.74, 6) is -0.392. The van der Waals surface area contributed by atoms with E-state index in [9.17, 15) is 0 Å². The third kappa shape index (κ3) is 1.91. The highest BCUT2D eigenvalue weighted by atomic mass is 35.5. The van der Waals surface area contributed by atoms with E-state index < -0.39 is 4.84 Å². The van der Waals surface area contributed by atoms with Gasteiger partial charge >= 0.3 is 0 Å². The first-order valence-electron chi connectivity index (χ1n) is 2.91. The summed E-state index contributed by atoms with van der Waals surface area (Å²) in [4.78, 5) is -0.679. The number of hydrogen-bond acceptors (Lipinski definition) is 2. The van der Waals surface area contributed by atoms with Crippen molar-refractivity contribution in [2.45, 2.75) is 4.84 Å². The first kappa shape index (κ1) is 8.50. The van der Waals surface area contributed by atoms with Gasteiger partial charge in [-0.25, -0.2) is 0 Å². The first-order chi connectivity index (χ1) is 5.11. The minimum atomic E-state index is -0.679. The lowest BCUT2D eigenvalue weighted by Gasteiger charge is -2.02. The van der Waals surface area contributed by atoms with Gasteiger partial charge in [-0.05, 0) is 17.7 Å². The average molecular weight is 193 g/mol. The van der Waals surface area contributed by atoms with Crippen LogP contribution in [-0.4, -0.2) is 10.2 Å². The Hall–Kier alpha value is -0.600. The molecule has 0 atom stereocenters. The molecule has 0 bridgehead atoms. The maximum absolute atomic E-state index is 8.98. The van der Waals surface area contributed by atoms with Gasteiger partial charge in [-0.2, -0.15) is 0 Å². The van der Waals surface area contributed by atoms with Crippen LogP contribution in [0.1, 0.15) is 10.4 Å². The predicted octanol–water partition coefficient (Wildman–Crippen LogP) is 2.57. The van der Waals surface area contributed by atoms with E-state index in [4.69, 9.17) is 33.4 Å². The van der Waals surface area contributed by atoms with E-state index >= 15 is 0 Å². The molecule has 2 nitrogen and oxygen atoms in total. The van der Waals surface area contributed by atoms with Gasteiger partial charge in [0.15, 0.2) is 11.5 Å². The molecule has 0 heterocycles. The molecule has 11 heavy (non-hydrogen) atoms. The molecular formula is C7H6Cl2O2. The lowest BCUT2D eigenvalue weighted by molar-refractivity contribution is 0.403. The van der Waals surface area contributed by atoms with E-state index in [1.165, 1.54) is 12.1 Å². The molecule has 0 aromatic heterocycles. The highest BCUT2D eigenvalue weighted by Crippen LogP contribution is 2.31. The van der Waals surface area contributed by atoms with Crippen molar-refractivity contribution in [3.8, 4) is 11.5 Å². The zero-order valence-electron chi connectivity index (χ0n) is 5.46. The topological polar surface area (TPSA) is 40.5 Å². The minimum absolute atomic E-state index is 0.178. The quantitative estimate of drug-likeness (QED) is 0.531. The first-order valence-corrected chi connectivity index (χ1v) is 3.78. The molecule has 0 unspecified atom stereocenters. The van der Waals surface area contributed by atoms with Crippen LogP contribution in [0.25, 0.3) is 0 Å². The maximum Gasteiger partial charge on any atom is 0.157 e. The largest absolute Gasteiger partial charge is 0.504 e. The van der Waals surface area contributed by atoms with Crippen LogP contribution >= 0.6 is 23.2 Å². The van der Waals surface area contributed by atoms with Gasteiger partial charge in [-0.15, -0.1) is 23.2 Å². The molecule has 60 valence electrons. The van der Waals surface area contributed by atoms with Gasteiger partial charge < -0.3 is 10.2 Å². The Balaban J connectivity index is 3.05. The molecule has 0 saturated carbocycles. The normalized spacial score (nSPS) is 10.5. The minimum Gasteiger partial charge on any atom is -0.504 e. The van der Waals surface area contributed by atoms with Crippen molar-refractivity contribution in [3.05, 3.63) is 23.8 Å². The zero-order chi connectivity index (χ0) is 8.43. The lowest BCUT2D eigenvalue weighted by Crippen LogP contribution is -1.79. The van der Waals surface area contributed by atoms with Gasteiger partial charge in [0.25, 0.3) is 0 Å². The maximum atomic E-state index is 8.98. The van der Waals surface area contributed by atoms with Crippen molar-refractivity contribution in [2.24, 2.45) is 0 Å². The number of halogens is 2. The fraction of sp³-hybridized carbons (Fsp3) is 0.143. The molecule has 0 fully saturated rings. The summed E-state index contributed by atoms with van der Waals surface area (Å²) < 4.78 is 0. The average Bonchev–Trinajstić information content (AvgIpc) is 1.94. The van der Waals surface area contributed by atoms with Crippen LogP contribution in [-0.2, 0) is 0 Å². The zero-order valence-corrected chi connectivity index (χ0v) is 6.97. The van der Waals surface area contributed by atoms with Crippen LogP contribution < -0.4 is 0 Å². The molecule has 0 saturated heterocycles. The summed E-state index contributed by atoms with van der Waals surface area (Å²) in [5.41, 5.74) is 0.559. The fourth-order valence-electron chi connectivity index (χ4n) is 0.676. The monoisotopic (exact) mass is 192 g/mol. The summed E-state index contributed by atoms with van der Waals surface area (Å²) in [7, 11) is 0. The third-order valence-electron chi connectivity index (χ3n) is 1.25. The molecule has 0 aliphatic carbocycles. The SMILES string of the molecule is Oc1ccc(C(Cl)Cl)cc1O. The summed E-state index contributed by atoms with van der Waals surface area (Å²) in [5, 5.41) is 17.9. The molecule has 1 rings (SSSR count). The van der Waals surface area contributed by atoms with Gasteiger partial charge in [0.2, 0.25) is 0 Å². The smallest absolute Gasteiger partial charge is 0.157 e. The second kappa shape index (κ2) is 3.20.